The van der Waals surface area contributed by atoms with Crippen LogP contribution >= 0.6 is 23.2 Å². The fourth-order valence-electron chi connectivity index (χ4n) is 0.606. The van der Waals surface area contributed by atoms with Gasteiger partial charge < -0.3 is 5.11 Å². The number of pyridine rings is 1. The summed E-state index contributed by atoms with van der Waals surface area (Å²) in [6, 6.07) is 3.13. The zero-order valence-electron chi connectivity index (χ0n) is 5.42. The Morgan fingerprint density at radius 1 is 1.27 bits per heavy atom. The SMILES string of the molecule is OCc1cc(Cl)nc(Cl)c1.[W]. The minimum atomic E-state index is -0.0675. The topological polar surface area (TPSA) is 33.1 Å². The Labute approximate surface area is 88.8 Å². The summed E-state index contributed by atoms with van der Waals surface area (Å²) in [6.45, 7) is -0.0675. The third-order valence-corrected chi connectivity index (χ3v) is 1.39. The number of hydrogen-bond donors (Lipinski definition) is 1. The van der Waals surface area contributed by atoms with Gasteiger partial charge >= 0.3 is 0 Å². The van der Waals surface area contributed by atoms with Crippen LogP contribution in [0.15, 0.2) is 12.1 Å². The Balaban J connectivity index is 0.000001000. The van der Waals surface area contributed by atoms with Crippen LogP contribution in [0.3, 0.4) is 0 Å². The molecule has 0 aromatic carbocycles. The van der Waals surface area contributed by atoms with Gasteiger partial charge in [-0.05, 0) is 17.7 Å². The number of aliphatic hydroxyl groups excluding tert-OH is 1. The van der Waals surface area contributed by atoms with Gasteiger partial charge in [-0.2, -0.15) is 0 Å². The first kappa shape index (κ1) is 11.4. The molecule has 1 N–H and O–H groups in total. The molecule has 0 aliphatic carbocycles. The van der Waals surface area contributed by atoms with Gasteiger partial charge in [-0.15, -0.1) is 0 Å². The zero-order valence-corrected chi connectivity index (χ0v) is 9.87. The summed E-state index contributed by atoms with van der Waals surface area (Å²) in [5.41, 5.74) is 0.671. The van der Waals surface area contributed by atoms with E-state index >= 15 is 0 Å². The fraction of sp³-hybridized carbons (Fsp3) is 0.167. The van der Waals surface area contributed by atoms with Crippen LogP contribution in [0.2, 0.25) is 10.3 Å². The van der Waals surface area contributed by atoms with E-state index in [4.69, 9.17) is 28.3 Å². The standard InChI is InChI=1S/C6H5Cl2NO.W/c7-5-1-4(3-10)2-6(8)9-5;/h1-2,10H,3H2;. The molecule has 0 bridgehead atoms. The van der Waals surface area contributed by atoms with Gasteiger partial charge in [0.25, 0.3) is 0 Å². The van der Waals surface area contributed by atoms with Crippen molar-refractivity contribution in [3.05, 3.63) is 28.0 Å². The van der Waals surface area contributed by atoms with E-state index in [1.165, 1.54) is 0 Å². The molecule has 1 aromatic heterocycles. The molecular formula is C6H5Cl2NOW. The maximum atomic E-state index is 8.64. The van der Waals surface area contributed by atoms with Gasteiger partial charge in [-0.1, -0.05) is 23.2 Å². The maximum absolute atomic E-state index is 8.64. The van der Waals surface area contributed by atoms with Crippen LogP contribution in [0, 0.1) is 0 Å². The van der Waals surface area contributed by atoms with E-state index in [2.05, 4.69) is 4.98 Å². The molecule has 11 heavy (non-hydrogen) atoms. The summed E-state index contributed by atoms with van der Waals surface area (Å²) in [7, 11) is 0. The van der Waals surface area contributed by atoms with E-state index < -0.39 is 0 Å². The van der Waals surface area contributed by atoms with Crippen molar-refractivity contribution in [2.75, 3.05) is 0 Å². The van der Waals surface area contributed by atoms with E-state index in [0.29, 0.717) is 15.9 Å². The molecule has 0 fully saturated rings. The van der Waals surface area contributed by atoms with Gasteiger partial charge in [0.05, 0.1) is 6.61 Å². The predicted molar refractivity (Wildman–Crippen MR) is 40.2 cm³/mol. The van der Waals surface area contributed by atoms with Gasteiger partial charge in [0.1, 0.15) is 10.3 Å². The van der Waals surface area contributed by atoms with Crippen LogP contribution < -0.4 is 0 Å². The zero-order chi connectivity index (χ0) is 7.56. The molecule has 1 rings (SSSR count). The van der Waals surface area contributed by atoms with E-state index in [0.717, 1.165) is 0 Å². The van der Waals surface area contributed by atoms with Crippen LogP contribution in [-0.4, -0.2) is 10.1 Å². The van der Waals surface area contributed by atoms with E-state index in [9.17, 15) is 0 Å². The second kappa shape index (κ2) is 5.10. The smallest absolute Gasteiger partial charge is 0.131 e. The van der Waals surface area contributed by atoms with Crippen molar-refractivity contribution < 1.29 is 26.2 Å². The van der Waals surface area contributed by atoms with Crippen LogP contribution in [0.25, 0.3) is 0 Å². The molecule has 0 unspecified atom stereocenters. The molecule has 1 aromatic rings. The number of nitrogens with zero attached hydrogens (tertiary/aromatic N) is 1. The van der Waals surface area contributed by atoms with E-state index in [-0.39, 0.29) is 27.7 Å². The largest absolute Gasteiger partial charge is 0.392 e. The average molecular weight is 362 g/mol. The summed E-state index contributed by atoms with van der Waals surface area (Å²) >= 11 is 11.0. The van der Waals surface area contributed by atoms with Gasteiger partial charge in [0.15, 0.2) is 0 Å². The van der Waals surface area contributed by atoms with Crippen molar-refractivity contribution in [3.63, 3.8) is 0 Å². The van der Waals surface area contributed by atoms with Gasteiger partial charge in [-0.3, -0.25) is 0 Å². The number of rotatable bonds is 1. The molecule has 0 spiro atoms. The molecule has 0 radical (unpaired) electrons. The Kier molecular flexibility index (Phi) is 5.28. The number of hydrogen-bond acceptors (Lipinski definition) is 2. The number of aliphatic hydroxyl groups is 1. The summed E-state index contributed by atoms with van der Waals surface area (Å²) in [6.07, 6.45) is 0. The molecule has 0 aliphatic rings. The van der Waals surface area contributed by atoms with Crippen molar-refractivity contribution in [3.8, 4) is 0 Å². The third-order valence-electron chi connectivity index (χ3n) is 1.01. The normalized spacial score (nSPS) is 9.00. The maximum Gasteiger partial charge on any atom is 0.131 e. The van der Waals surface area contributed by atoms with Gasteiger partial charge in [0.2, 0.25) is 0 Å². The monoisotopic (exact) mass is 361 g/mol. The molecule has 60 valence electrons. The molecule has 0 aliphatic heterocycles. The molecule has 0 saturated carbocycles. The van der Waals surface area contributed by atoms with Crippen molar-refractivity contribution in [2.24, 2.45) is 0 Å². The Morgan fingerprint density at radius 2 is 1.73 bits per heavy atom. The van der Waals surface area contributed by atoms with Crippen molar-refractivity contribution in [1.82, 2.24) is 4.98 Å². The van der Waals surface area contributed by atoms with Crippen LogP contribution in [-0.2, 0) is 27.7 Å². The molecule has 0 amide bonds. The summed E-state index contributed by atoms with van der Waals surface area (Å²) in [5, 5.41) is 9.25. The van der Waals surface area contributed by atoms with E-state index in [1.807, 2.05) is 0 Å². The molecule has 1 heterocycles. The average Bonchev–Trinajstić information content (AvgIpc) is 1.85. The first-order valence-electron chi connectivity index (χ1n) is 2.65. The molecule has 5 heteroatoms. The molecular weight excluding hydrogens is 357 g/mol. The summed E-state index contributed by atoms with van der Waals surface area (Å²) in [5.74, 6) is 0. The quantitative estimate of drug-likeness (QED) is 0.775. The molecule has 2 nitrogen and oxygen atoms in total. The summed E-state index contributed by atoms with van der Waals surface area (Å²) < 4.78 is 0. The Morgan fingerprint density at radius 3 is 2.09 bits per heavy atom. The number of aromatic nitrogens is 1. The second-order valence-electron chi connectivity index (χ2n) is 1.78. The minimum absolute atomic E-state index is 0. The van der Waals surface area contributed by atoms with E-state index in [1.54, 1.807) is 12.1 Å². The first-order chi connectivity index (χ1) is 4.72. The third kappa shape index (κ3) is 3.52. The summed E-state index contributed by atoms with van der Waals surface area (Å²) in [4.78, 5) is 3.70. The van der Waals surface area contributed by atoms with Gasteiger partial charge in [-0.25, -0.2) is 4.98 Å². The molecule has 0 atom stereocenters. The Bertz CT molecular complexity index is 224. The first-order valence-corrected chi connectivity index (χ1v) is 3.41. The van der Waals surface area contributed by atoms with Crippen molar-refractivity contribution in [2.45, 2.75) is 6.61 Å². The Hall–Kier alpha value is 0.378. The molecule has 0 saturated heterocycles. The fourth-order valence-corrected chi connectivity index (χ4v) is 1.11. The van der Waals surface area contributed by atoms with Crippen LogP contribution in [0.1, 0.15) is 5.56 Å². The minimum Gasteiger partial charge on any atom is -0.392 e. The van der Waals surface area contributed by atoms with Crippen LogP contribution in [0.4, 0.5) is 0 Å². The number of halogens is 2. The second-order valence-corrected chi connectivity index (χ2v) is 2.55. The predicted octanol–water partition coefficient (Wildman–Crippen LogP) is 1.88. The van der Waals surface area contributed by atoms with Gasteiger partial charge in [0, 0.05) is 21.1 Å². The van der Waals surface area contributed by atoms with Crippen molar-refractivity contribution in [1.29, 1.82) is 0 Å². The van der Waals surface area contributed by atoms with Crippen molar-refractivity contribution >= 4 is 23.2 Å². The van der Waals surface area contributed by atoms with Crippen LogP contribution in [0.5, 0.6) is 0 Å².